The van der Waals surface area contributed by atoms with Crippen molar-refractivity contribution in [3.8, 4) is 0 Å². The lowest BCUT2D eigenvalue weighted by Gasteiger charge is -2.13. The summed E-state index contributed by atoms with van der Waals surface area (Å²) in [7, 11) is 0. The molecule has 1 aliphatic carbocycles. The molecular formula is C7H14O3S. The zero-order valence-corrected chi connectivity index (χ0v) is 7.47. The van der Waals surface area contributed by atoms with E-state index in [0.717, 1.165) is 12.8 Å². The van der Waals surface area contributed by atoms with Gasteiger partial charge in [0, 0.05) is 6.61 Å². The molecule has 1 rings (SSSR count). The third-order valence-corrected chi connectivity index (χ3v) is 2.45. The molecule has 0 heterocycles. The van der Waals surface area contributed by atoms with E-state index in [1.54, 1.807) is 0 Å². The molecule has 0 amide bonds. The van der Waals surface area contributed by atoms with Crippen molar-refractivity contribution in [2.45, 2.75) is 25.9 Å². The fraction of sp³-hybridized carbons (Fsp3) is 1.00. The predicted molar refractivity (Wildman–Crippen MR) is 43.8 cm³/mol. The number of hydrogen-bond donors (Lipinski definition) is 1. The predicted octanol–water partition coefficient (Wildman–Crippen LogP) is 1.02. The Morgan fingerprint density at radius 2 is 2.36 bits per heavy atom. The van der Waals surface area contributed by atoms with Crippen molar-refractivity contribution in [3.05, 3.63) is 0 Å². The van der Waals surface area contributed by atoms with Crippen molar-refractivity contribution in [2.75, 3.05) is 12.4 Å². The second-order valence-corrected chi connectivity index (χ2v) is 3.80. The van der Waals surface area contributed by atoms with Crippen LogP contribution < -0.4 is 0 Å². The highest BCUT2D eigenvalue weighted by atomic mass is 32.2. The highest BCUT2D eigenvalue weighted by molar-refractivity contribution is 7.79. The summed E-state index contributed by atoms with van der Waals surface area (Å²) in [4.78, 5) is 0. The summed E-state index contributed by atoms with van der Waals surface area (Å²) >= 11 is -1.70. The van der Waals surface area contributed by atoms with Crippen LogP contribution in [0.1, 0.15) is 19.8 Å². The summed E-state index contributed by atoms with van der Waals surface area (Å²) in [6, 6.07) is 0. The van der Waals surface area contributed by atoms with E-state index in [9.17, 15) is 4.21 Å². The lowest BCUT2D eigenvalue weighted by Crippen LogP contribution is -2.22. The van der Waals surface area contributed by atoms with Gasteiger partial charge in [0.25, 0.3) is 0 Å². The SMILES string of the molecule is CCOC(CS(=O)O)C1CC1. The van der Waals surface area contributed by atoms with Gasteiger partial charge in [-0.1, -0.05) is 0 Å². The van der Waals surface area contributed by atoms with Gasteiger partial charge < -0.3 is 9.29 Å². The van der Waals surface area contributed by atoms with E-state index in [0.29, 0.717) is 12.5 Å². The molecule has 1 fully saturated rings. The summed E-state index contributed by atoms with van der Waals surface area (Å²) in [5.41, 5.74) is 0. The number of rotatable bonds is 5. The van der Waals surface area contributed by atoms with E-state index >= 15 is 0 Å². The van der Waals surface area contributed by atoms with Crippen molar-refractivity contribution in [3.63, 3.8) is 0 Å². The molecule has 1 N–H and O–H groups in total. The van der Waals surface area contributed by atoms with Gasteiger partial charge in [-0.2, -0.15) is 0 Å². The first-order chi connectivity index (χ1) is 5.24. The molecule has 0 aliphatic heterocycles. The summed E-state index contributed by atoms with van der Waals surface area (Å²) in [5.74, 6) is 0.824. The summed E-state index contributed by atoms with van der Waals surface area (Å²) in [5, 5.41) is 0. The average Bonchev–Trinajstić information content (AvgIpc) is 2.66. The highest BCUT2D eigenvalue weighted by Crippen LogP contribution is 2.34. The minimum Gasteiger partial charge on any atom is -0.377 e. The van der Waals surface area contributed by atoms with Crippen LogP contribution in [0.5, 0.6) is 0 Å². The molecule has 1 saturated carbocycles. The maximum absolute atomic E-state index is 10.4. The molecular weight excluding hydrogens is 164 g/mol. The maximum Gasteiger partial charge on any atom is 0.155 e. The molecule has 0 aromatic carbocycles. The largest absolute Gasteiger partial charge is 0.377 e. The van der Waals surface area contributed by atoms with Crippen LogP contribution in [0.3, 0.4) is 0 Å². The van der Waals surface area contributed by atoms with Gasteiger partial charge in [0.05, 0.1) is 11.9 Å². The van der Waals surface area contributed by atoms with Crippen LogP contribution in [-0.2, 0) is 15.8 Å². The van der Waals surface area contributed by atoms with Gasteiger partial charge >= 0.3 is 0 Å². The lowest BCUT2D eigenvalue weighted by atomic mass is 10.3. The van der Waals surface area contributed by atoms with Gasteiger partial charge in [-0.3, -0.25) is 0 Å². The van der Waals surface area contributed by atoms with Crippen LogP contribution in [0, 0.1) is 5.92 Å². The zero-order chi connectivity index (χ0) is 8.27. The van der Waals surface area contributed by atoms with E-state index in [1.807, 2.05) is 6.92 Å². The molecule has 3 nitrogen and oxygen atoms in total. The molecule has 0 bridgehead atoms. The second-order valence-electron chi connectivity index (χ2n) is 2.82. The first kappa shape index (κ1) is 9.16. The molecule has 2 unspecified atom stereocenters. The third-order valence-electron chi connectivity index (χ3n) is 1.84. The molecule has 0 aromatic heterocycles. The Morgan fingerprint density at radius 1 is 1.73 bits per heavy atom. The molecule has 1 aliphatic rings. The first-order valence-electron chi connectivity index (χ1n) is 3.93. The van der Waals surface area contributed by atoms with Crippen LogP contribution in [0.2, 0.25) is 0 Å². The smallest absolute Gasteiger partial charge is 0.155 e. The van der Waals surface area contributed by atoms with Crippen LogP contribution in [0.15, 0.2) is 0 Å². The van der Waals surface area contributed by atoms with E-state index in [1.165, 1.54) is 0 Å². The fourth-order valence-corrected chi connectivity index (χ4v) is 1.79. The van der Waals surface area contributed by atoms with Crippen LogP contribution in [-0.4, -0.2) is 27.2 Å². The Morgan fingerprint density at radius 3 is 2.73 bits per heavy atom. The van der Waals surface area contributed by atoms with Crippen molar-refractivity contribution >= 4 is 11.1 Å². The highest BCUT2D eigenvalue weighted by Gasteiger charge is 2.32. The summed E-state index contributed by atoms with van der Waals surface area (Å²) in [6.07, 6.45) is 2.33. The Labute approximate surface area is 69.4 Å². The quantitative estimate of drug-likeness (QED) is 0.639. The lowest BCUT2D eigenvalue weighted by molar-refractivity contribution is 0.0629. The van der Waals surface area contributed by atoms with Gasteiger partial charge in [0.2, 0.25) is 0 Å². The van der Waals surface area contributed by atoms with Gasteiger partial charge in [-0.05, 0) is 25.7 Å². The Kier molecular flexibility index (Phi) is 3.48. The van der Waals surface area contributed by atoms with Crippen molar-refractivity contribution in [1.29, 1.82) is 0 Å². The van der Waals surface area contributed by atoms with Gasteiger partial charge in [-0.25, -0.2) is 4.21 Å². The number of ether oxygens (including phenoxy) is 1. The molecule has 0 spiro atoms. The van der Waals surface area contributed by atoms with Crippen molar-refractivity contribution in [1.82, 2.24) is 0 Å². The first-order valence-corrected chi connectivity index (χ1v) is 5.20. The second kappa shape index (κ2) is 4.18. The van der Waals surface area contributed by atoms with Crippen LogP contribution in [0.25, 0.3) is 0 Å². The monoisotopic (exact) mass is 178 g/mol. The molecule has 66 valence electrons. The van der Waals surface area contributed by atoms with E-state index in [4.69, 9.17) is 9.29 Å². The molecule has 11 heavy (non-hydrogen) atoms. The minimum absolute atomic E-state index is 0.0193. The summed E-state index contributed by atoms with van der Waals surface area (Å²) in [6.45, 7) is 2.55. The molecule has 0 radical (unpaired) electrons. The number of hydrogen-bond acceptors (Lipinski definition) is 2. The fourth-order valence-electron chi connectivity index (χ4n) is 1.14. The molecule has 0 aromatic rings. The third kappa shape index (κ3) is 3.31. The average molecular weight is 178 g/mol. The van der Waals surface area contributed by atoms with Crippen LogP contribution in [0.4, 0.5) is 0 Å². The summed E-state index contributed by atoms with van der Waals surface area (Å²) < 4.78 is 24.4. The van der Waals surface area contributed by atoms with Gasteiger partial charge in [0.15, 0.2) is 11.1 Å². The Bertz CT molecular complexity index is 145. The normalized spacial score (nSPS) is 23.1. The zero-order valence-electron chi connectivity index (χ0n) is 6.66. The molecule has 2 atom stereocenters. The maximum atomic E-state index is 10.4. The minimum atomic E-state index is -1.70. The van der Waals surface area contributed by atoms with Crippen molar-refractivity contribution < 1.29 is 13.5 Å². The van der Waals surface area contributed by atoms with Gasteiger partial charge in [0.1, 0.15) is 0 Å². The van der Waals surface area contributed by atoms with Gasteiger partial charge in [-0.15, -0.1) is 0 Å². The standard InChI is InChI=1S/C7H14O3S/c1-2-10-7(5-11(8)9)6-3-4-6/h6-7H,2-5H2,1H3,(H,8,9). The van der Waals surface area contributed by atoms with Crippen molar-refractivity contribution in [2.24, 2.45) is 5.92 Å². The van der Waals surface area contributed by atoms with E-state index < -0.39 is 11.1 Å². The topological polar surface area (TPSA) is 46.5 Å². The Balaban J connectivity index is 2.26. The van der Waals surface area contributed by atoms with E-state index in [2.05, 4.69) is 0 Å². The Hall–Kier alpha value is 0.0700. The molecule has 0 saturated heterocycles. The van der Waals surface area contributed by atoms with E-state index in [-0.39, 0.29) is 11.9 Å². The van der Waals surface area contributed by atoms with Crippen LogP contribution >= 0.6 is 0 Å². The molecule has 4 heteroatoms.